The lowest BCUT2D eigenvalue weighted by Gasteiger charge is -2.06. The summed E-state index contributed by atoms with van der Waals surface area (Å²) >= 11 is 0. The Hall–Kier alpha value is -1.15. The van der Waals surface area contributed by atoms with Gasteiger partial charge in [0.05, 0.1) is 6.54 Å². The second-order valence-electron chi connectivity index (χ2n) is 3.45. The highest BCUT2D eigenvalue weighted by molar-refractivity contribution is 5.97. The average molecular weight is 191 g/mol. The van der Waals surface area contributed by atoms with E-state index in [1.807, 2.05) is 18.2 Å². The van der Waals surface area contributed by atoms with Gasteiger partial charge in [0.25, 0.3) is 0 Å². The van der Waals surface area contributed by atoms with Crippen molar-refractivity contribution in [2.45, 2.75) is 20.3 Å². The molecule has 0 aliphatic rings. The molecule has 76 valence electrons. The molecule has 0 spiro atoms. The predicted octanol–water partition coefficient (Wildman–Crippen LogP) is 1.96. The van der Waals surface area contributed by atoms with Gasteiger partial charge < -0.3 is 5.32 Å². The summed E-state index contributed by atoms with van der Waals surface area (Å²) in [6.07, 6.45) is 0.979. The Morgan fingerprint density at radius 3 is 2.71 bits per heavy atom. The zero-order chi connectivity index (χ0) is 10.6. The number of carbonyl (C=O) groups is 1. The van der Waals surface area contributed by atoms with E-state index < -0.39 is 0 Å². The number of hydrogen-bond acceptors (Lipinski definition) is 2. The minimum atomic E-state index is 0.155. The fourth-order valence-corrected chi connectivity index (χ4v) is 1.49. The fourth-order valence-electron chi connectivity index (χ4n) is 1.49. The highest BCUT2D eigenvalue weighted by Gasteiger charge is 2.05. The number of aryl methyl sites for hydroxylation is 2. The van der Waals surface area contributed by atoms with Gasteiger partial charge in [-0.15, -0.1) is 0 Å². The molecule has 0 saturated carbocycles. The van der Waals surface area contributed by atoms with Crippen LogP contribution in [-0.4, -0.2) is 19.4 Å². The summed E-state index contributed by atoms with van der Waals surface area (Å²) in [4.78, 5) is 11.6. The summed E-state index contributed by atoms with van der Waals surface area (Å²) in [7, 11) is 1.78. The molecule has 1 aromatic rings. The minimum Gasteiger partial charge on any atom is -0.313 e. The summed E-state index contributed by atoms with van der Waals surface area (Å²) in [6, 6.07) is 5.91. The van der Waals surface area contributed by atoms with Crippen molar-refractivity contribution in [3.8, 4) is 0 Å². The van der Waals surface area contributed by atoms with E-state index in [1.54, 1.807) is 7.05 Å². The SMILES string of the molecule is CCc1cc(C(=O)CNC)ccc1C. The van der Waals surface area contributed by atoms with Crippen LogP contribution < -0.4 is 5.32 Å². The number of benzene rings is 1. The maximum absolute atomic E-state index is 11.6. The average Bonchev–Trinajstić information content (AvgIpc) is 2.19. The monoisotopic (exact) mass is 191 g/mol. The van der Waals surface area contributed by atoms with Gasteiger partial charge in [-0.25, -0.2) is 0 Å². The van der Waals surface area contributed by atoms with Gasteiger partial charge >= 0.3 is 0 Å². The third kappa shape index (κ3) is 2.42. The van der Waals surface area contributed by atoms with E-state index in [4.69, 9.17) is 0 Å². The Balaban J connectivity index is 2.94. The van der Waals surface area contributed by atoms with Crippen LogP contribution in [-0.2, 0) is 6.42 Å². The summed E-state index contributed by atoms with van der Waals surface area (Å²) in [6.45, 7) is 4.59. The molecule has 0 atom stereocenters. The van der Waals surface area contributed by atoms with E-state index in [0.717, 1.165) is 12.0 Å². The number of Topliss-reactive ketones (excluding diaryl/α,β-unsaturated/α-hetero) is 1. The molecule has 14 heavy (non-hydrogen) atoms. The Morgan fingerprint density at radius 2 is 2.14 bits per heavy atom. The third-order valence-electron chi connectivity index (χ3n) is 2.39. The normalized spacial score (nSPS) is 10.2. The Bertz CT molecular complexity index is 331. The smallest absolute Gasteiger partial charge is 0.176 e. The van der Waals surface area contributed by atoms with Gasteiger partial charge in [-0.3, -0.25) is 4.79 Å². The van der Waals surface area contributed by atoms with E-state index in [0.29, 0.717) is 6.54 Å². The van der Waals surface area contributed by atoms with Crippen LogP contribution in [0.2, 0.25) is 0 Å². The lowest BCUT2D eigenvalue weighted by atomic mass is 10.0. The van der Waals surface area contributed by atoms with E-state index in [-0.39, 0.29) is 5.78 Å². The van der Waals surface area contributed by atoms with E-state index in [1.165, 1.54) is 11.1 Å². The molecule has 0 aliphatic carbocycles. The number of carbonyl (C=O) groups excluding carboxylic acids is 1. The largest absolute Gasteiger partial charge is 0.313 e. The van der Waals surface area contributed by atoms with Crippen molar-refractivity contribution < 1.29 is 4.79 Å². The van der Waals surface area contributed by atoms with Crippen molar-refractivity contribution in [2.75, 3.05) is 13.6 Å². The Labute approximate surface area is 85.3 Å². The molecule has 0 aromatic heterocycles. The molecule has 0 aliphatic heterocycles. The molecule has 1 N–H and O–H groups in total. The van der Waals surface area contributed by atoms with Crippen molar-refractivity contribution in [2.24, 2.45) is 0 Å². The molecule has 2 nitrogen and oxygen atoms in total. The lowest BCUT2D eigenvalue weighted by molar-refractivity contribution is 0.0993. The van der Waals surface area contributed by atoms with Gasteiger partial charge in [-0.2, -0.15) is 0 Å². The van der Waals surface area contributed by atoms with Crippen LogP contribution in [0.3, 0.4) is 0 Å². The standard InChI is InChI=1S/C12H17NO/c1-4-10-7-11(6-5-9(10)2)12(14)8-13-3/h5-7,13H,4,8H2,1-3H3. The summed E-state index contributed by atoms with van der Waals surface area (Å²) in [5, 5.41) is 2.87. The fraction of sp³-hybridized carbons (Fsp3) is 0.417. The molecule has 1 rings (SSSR count). The van der Waals surface area contributed by atoms with Crippen molar-refractivity contribution in [3.63, 3.8) is 0 Å². The number of hydrogen-bond donors (Lipinski definition) is 1. The van der Waals surface area contributed by atoms with Gasteiger partial charge in [0.15, 0.2) is 5.78 Å². The molecule has 0 fully saturated rings. The molecule has 0 bridgehead atoms. The van der Waals surface area contributed by atoms with Crippen LogP contribution in [0, 0.1) is 6.92 Å². The maximum Gasteiger partial charge on any atom is 0.176 e. The second kappa shape index (κ2) is 4.91. The zero-order valence-corrected chi connectivity index (χ0v) is 9.05. The van der Waals surface area contributed by atoms with Gasteiger partial charge in [0.1, 0.15) is 0 Å². The minimum absolute atomic E-state index is 0.155. The lowest BCUT2D eigenvalue weighted by Crippen LogP contribution is -2.18. The van der Waals surface area contributed by atoms with Crippen LogP contribution in [0.4, 0.5) is 0 Å². The molecule has 0 unspecified atom stereocenters. The Morgan fingerprint density at radius 1 is 1.43 bits per heavy atom. The Kier molecular flexibility index (Phi) is 3.84. The van der Waals surface area contributed by atoms with Crippen LogP contribution in [0.1, 0.15) is 28.4 Å². The summed E-state index contributed by atoms with van der Waals surface area (Å²) in [5.74, 6) is 0.155. The topological polar surface area (TPSA) is 29.1 Å². The molecular formula is C12H17NO. The van der Waals surface area contributed by atoms with Gasteiger partial charge in [-0.1, -0.05) is 19.1 Å². The van der Waals surface area contributed by atoms with E-state index in [2.05, 4.69) is 19.2 Å². The predicted molar refractivity (Wildman–Crippen MR) is 58.8 cm³/mol. The first kappa shape index (κ1) is 10.9. The van der Waals surface area contributed by atoms with Crippen LogP contribution in [0.25, 0.3) is 0 Å². The van der Waals surface area contributed by atoms with Gasteiger partial charge in [0, 0.05) is 5.56 Å². The second-order valence-corrected chi connectivity index (χ2v) is 3.45. The molecule has 0 saturated heterocycles. The molecule has 0 heterocycles. The summed E-state index contributed by atoms with van der Waals surface area (Å²) in [5.41, 5.74) is 3.32. The van der Waals surface area contributed by atoms with Crippen LogP contribution >= 0.6 is 0 Å². The zero-order valence-electron chi connectivity index (χ0n) is 9.05. The quantitative estimate of drug-likeness (QED) is 0.737. The first-order valence-corrected chi connectivity index (χ1v) is 4.96. The third-order valence-corrected chi connectivity index (χ3v) is 2.39. The number of ketones is 1. The van der Waals surface area contributed by atoms with Crippen molar-refractivity contribution >= 4 is 5.78 Å². The van der Waals surface area contributed by atoms with Crippen LogP contribution in [0.15, 0.2) is 18.2 Å². The molecule has 2 heteroatoms. The van der Waals surface area contributed by atoms with E-state index >= 15 is 0 Å². The van der Waals surface area contributed by atoms with E-state index in [9.17, 15) is 4.79 Å². The first-order valence-electron chi connectivity index (χ1n) is 4.96. The highest BCUT2D eigenvalue weighted by atomic mass is 16.1. The number of nitrogens with one attached hydrogen (secondary N) is 1. The molecular weight excluding hydrogens is 174 g/mol. The molecule has 0 radical (unpaired) electrons. The molecule has 1 aromatic carbocycles. The number of rotatable bonds is 4. The van der Waals surface area contributed by atoms with Crippen LogP contribution in [0.5, 0.6) is 0 Å². The van der Waals surface area contributed by atoms with Crippen molar-refractivity contribution in [1.82, 2.24) is 5.32 Å². The summed E-state index contributed by atoms with van der Waals surface area (Å²) < 4.78 is 0. The van der Waals surface area contributed by atoms with Gasteiger partial charge in [0.2, 0.25) is 0 Å². The molecule has 0 amide bonds. The van der Waals surface area contributed by atoms with Gasteiger partial charge in [-0.05, 0) is 37.6 Å². The first-order chi connectivity index (χ1) is 6.69. The van der Waals surface area contributed by atoms with Crippen molar-refractivity contribution in [3.05, 3.63) is 34.9 Å². The van der Waals surface area contributed by atoms with Crippen molar-refractivity contribution in [1.29, 1.82) is 0 Å². The maximum atomic E-state index is 11.6. The number of likely N-dealkylation sites (N-methyl/N-ethyl adjacent to an activating group) is 1. The highest BCUT2D eigenvalue weighted by Crippen LogP contribution is 2.12.